The van der Waals surface area contributed by atoms with Gasteiger partial charge >= 0.3 is 0 Å². The third-order valence-corrected chi connectivity index (χ3v) is 4.71. The van der Waals surface area contributed by atoms with Crippen molar-refractivity contribution in [3.05, 3.63) is 16.3 Å². The normalized spacial score (nSPS) is 25.8. The number of nitrogens with one attached hydrogen (secondary N) is 1. The van der Waals surface area contributed by atoms with Gasteiger partial charge in [0.05, 0.1) is 4.88 Å². The number of thiol groups is 1. The lowest BCUT2D eigenvalue weighted by atomic mass is 9.99. The Balaban J connectivity index is 1.91. The van der Waals surface area contributed by atoms with Crippen LogP contribution >= 0.6 is 24.0 Å². The van der Waals surface area contributed by atoms with Gasteiger partial charge in [-0.05, 0) is 32.9 Å². The van der Waals surface area contributed by atoms with Crippen molar-refractivity contribution in [1.29, 1.82) is 0 Å². The van der Waals surface area contributed by atoms with Gasteiger partial charge in [-0.2, -0.15) is 0 Å². The highest BCUT2D eigenvalue weighted by molar-refractivity contribution is 7.80. The van der Waals surface area contributed by atoms with E-state index >= 15 is 0 Å². The smallest absolute Gasteiger partial charge is 0.261 e. The van der Waals surface area contributed by atoms with Gasteiger partial charge in [0.25, 0.3) is 5.91 Å². The number of hydrogen-bond acceptors (Lipinski definition) is 4. The van der Waals surface area contributed by atoms with Gasteiger partial charge in [-0.15, -0.1) is 24.0 Å². The summed E-state index contributed by atoms with van der Waals surface area (Å²) in [5.74, 6) is 0.0389. The van der Waals surface area contributed by atoms with Crippen LogP contribution in [0, 0.1) is 0 Å². The summed E-state index contributed by atoms with van der Waals surface area (Å²) in [5.41, 5.74) is 0. The Labute approximate surface area is 112 Å². The van der Waals surface area contributed by atoms with Crippen LogP contribution in [0.2, 0.25) is 0 Å². The molecule has 1 aromatic heterocycles. The van der Waals surface area contributed by atoms with Crippen LogP contribution < -0.4 is 5.32 Å². The van der Waals surface area contributed by atoms with Crippen molar-refractivity contribution in [1.82, 2.24) is 10.2 Å². The second-order valence-corrected chi connectivity index (χ2v) is 6.12. The van der Waals surface area contributed by atoms with Gasteiger partial charge in [0.1, 0.15) is 0 Å². The van der Waals surface area contributed by atoms with Crippen LogP contribution in [-0.4, -0.2) is 36.5 Å². The van der Waals surface area contributed by atoms with Gasteiger partial charge in [0, 0.05) is 28.9 Å². The SMILES string of the molecule is CC1CC(NC(=O)c2cc(S)cs2)CCN1C. The van der Waals surface area contributed by atoms with E-state index in [4.69, 9.17) is 0 Å². The van der Waals surface area contributed by atoms with Crippen molar-refractivity contribution in [3.63, 3.8) is 0 Å². The van der Waals surface area contributed by atoms with Gasteiger partial charge in [-0.1, -0.05) is 0 Å². The van der Waals surface area contributed by atoms with Crippen molar-refractivity contribution < 1.29 is 4.79 Å². The number of hydrogen-bond donors (Lipinski definition) is 2. The monoisotopic (exact) mass is 270 g/mol. The molecular formula is C12H18N2OS2. The molecule has 2 atom stereocenters. The molecule has 0 aromatic carbocycles. The second-order valence-electron chi connectivity index (χ2n) is 4.69. The molecule has 5 heteroatoms. The topological polar surface area (TPSA) is 32.3 Å². The van der Waals surface area contributed by atoms with Crippen molar-refractivity contribution in [2.24, 2.45) is 0 Å². The average Bonchev–Trinajstić information content (AvgIpc) is 2.70. The zero-order valence-electron chi connectivity index (χ0n) is 10.1. The van der Waals surface area contributed by atoms with Gasteiger partial charge in [-0.3, -0.25) is 4.79 Å². The first-order chi connectivity index (χ1) is 8.06. The Bertz CT molecular complexity index is 405. The molecular weight excluding hydrogens is 252 g/mol. The minimum absolute atomic E-state index is 0.0389. The second kappa shape index (κ2) is 5.42. The molecule has 94 valence electrons. The van der Waals surface area contributed by atoms with E-state index in [0.29, 0.717) is 12.1 Å². The van der Waals surface area contributed by atoms with Crippen molar-refractivity contribution >= 4 is 29.9 Å². The van der Waals surface area contributed by atoms with Gasteiger partial charge < -0.3 is 10.2 Å². The highest BCUT2D eigenvalue weighted by atomic mass is 32.1. The van der Waals surface area contributed by atoms with Crippen LogP contribution in [0.1, 0.15) is 29.4 Å². The third kappa shape index (κ3) is 3.24. The largest absolute Gasteiger partial charge is 0.349 e. The molecule has 1 fully saturated rings. The summed E-state index contributed by atoms with van der Waals surface area (Å²) in [6.07, 6.45) is 2.06. The summed E-state index contributed by atoms with van der Waals surface area (Å²) in [5, 5.41) is 4.99. The fourth-order valence-corrected chi connectivity index (χ4v) is 3.17. The summed E-state index contributed by atoms with van der Waals surface area (Å²) in [4.78, 5) is 15.9. The summed E-state index contributed by atoms with van der Waals surface area (Å²) in [6, 6.07) is 2.67. The minimum Gasteiger partial charge on any atom is -0.349 e. The molecule has 2 unspecified atom stereocenters. The molecule has 0 bridgehead atoms. The molecule has 1 aliphatic rings. The van der Waals surface area contributed by atoms with Crippen LogP contribution in [0.3, 0.4) is 0 Å². The number of likely N-dealkylation sites (tertiary alicyclic amines) is 1. The molecule has 17 heavy (non-hydrogen) atoms. The maximum absolute atomic E-state index is 12.0. The minimum atomic E-state index is 0.0389. The van der Waals surface area contributed by atoms with Crippen molar-refractivity contribution in [2.45, 2.75) is 36.7 Å². The number of carbonyl (C=O) groups excluding carboxylic acids is 1. The summed E-state index contributed by atoms with van der Waals surface area (Å²) in [7, 11) is 2.13. The highest BCUT2D eigenvalue weighted by Gasteiger charge is 2.24. The number of piperidine rings is 1. The quantitative estimate of drug-likeness (QED) is 0.808. The Morgan fingerprint density at radius 3 is 3.00 bits per heavy atom. The standard InChI is InChI=1S/C12H18N2OS2/c1-8-5-9(3-4-14(8)2)13-12(15)11-6-10(16)7-17-11/h6-9,16H,3-5H2,1-2H3,(H,13,15). The van der Waals surface area contributed by atoms with Crippen LogP contribution in [0.15, 0.2) is 16.3 Å². The fraction of sp³-hybridized carbons (Fsp3) is 0.583. The van der Waals surface area contributed by atoms with Crippen LogP contribution in [0.5, 0.6) is 0 Å². The van der Waals surface area contributed by atoms with E-state index in [-0.39, 0.29) is 5.91 Å². The third-order valence-electron chi connectivity index (χ3n) is 3.35. The number of nitrogens with zero attached hydrogens (tertiary/aromatic N) is 1. The molecule has 0 saturated carbocycles. The van der Waals surface area contributed by atoms with Crippen LogP contribution in [0.25, 0.3) is 0 Å². The van der Waals surface area contributed by atoms with Crippen molar-refractivity contribution in [3.8, 4) is 0 Å². The average molecular weight is 270 g/mol. The maximum Gasteiger partial charge on any atom is 0.261 e. The molecule has 0 radical (unpaired) electrons. The Hall–Kier alpha value is -0.520. The zero-order chi connectivity index (χ0) is 12.4. The van der Waals surface area contributed by atoms with E-state index in [0.717, 1.165) is 29.2 Å². The molecule has 1 aliphatic heterocycles. The van der Waals surface area contributed by atoms with Gasteiger partial charge in [-0.25, -0.2) is 0 Å². The number of carbonyl (C=O) groups is 1. The zero-order valence-corrected chi connectivity index (χ0v) is 11.9. The molecule has 1 N–H and O–H groups in total. The highest BCUT2D eigenvalue weighted by Crippen LogP contribution is 2.19. The van der Waals surface area contributed by atoms with Gasteiger partial charge in [0.2, 0.25) is 0 Å². The van der Waals surface area contributed by atoms with Gasteiger partial charge in [0.15, 0.2) is 0 Å². The number of rotatable bonds is 2. The molecule has 1 amide bonds. The predicted octanol–water partition coefficient (Wildman–Crippen LogP) is 2.25. The molecule has 2 rings (SSSR count). The first-order valence-corrected chi connectivity index (χ1v) is 7.17. The van der Waals surface area contributed by atoms with E-state index in [9.17, 15) is 4.79 Å². The van der Waals surface area contributed by atoms with Crippen LogP contribution in [-0.2, 0) is 0 Å². The van der Waals surface area contributed by atoms with E-state index in [1.54, 1.807) is 0 Å². The first kappa shape index (κ1) is 12.9. The van der Waals surface area contributed by atoms with Crippen molar-refractivity contribution in [2.75, 3.05) is 13.6 Å². The Morgan fingerprint density at radius 2 is 2.41 bits per heavy atom. The summed E-state index contributed by atoms with van der Waals surface area (Å²) >= 11 is 5.66. The van der Waals surface area contributed by atoms with Crippen LogP contribution in [0.4, 0.5) is 0 Å². The lowest BCUT2D eigenvalue weighted by Gasteiger charge is -2.35. The fourth-order valence-electron chi connectivity index (χ4n) is 2.12. The van der Waals surface area contributed by atoms with E-state index in [1.807, 2.05) is 11.4 Å². The first-order valence-electron chi connectivity index (χ1n) is 5.85. The molecule has 0 spiro atoms. The number of amides is 1. The predicted molar refractivity (Wildman–Crippen MR) is 74.2 cm³/mol. The summed E-state index contributed by atoms with van der Waals surface area (Å²) < 4.78 is 0. The lowest BCUT2D eigenvalue weighted by molar-refractivity contribution is 0.0900. The lowest BCUT2D eigenvalue weighted by Crippen LogP contribution is -2.47. The Morgan fingerprint density at radius 1 is 1.65 bits per heavy atom. The molecule has 1 saturated heterocycles. The maximum atomic E-state index is 12.0. The van der Waals surface area contributed by atoms with E-state index in [2.05, 4.69) is 36.8 Å². The van der Waals surface area contributed by atoms with E-state index in [1.165, 1.54) is 11.3 Å². The number of thiophene rings is 1. The van der Waals surface area contributed by atoms with E-state index < -0.39 is 0 Å². The molecule has 0 aliphatic carbocycles. The molecule has 3 nitrogen and oxygen atoms in total. The molecule has 2 heterocycles. The molecule has 1 aromatic rings. The Kier molecular flexibility index (Phi) is 4.12. The summed E-state index contributed by atoms with van der Waals surface area (Å²) in [6.45, 7) is 3.25.